The summed E-state index contributed by atoms with van der Waals surface area (Å²) in [5.74, 6) is 0.137. The molecule has 0 spiro atoms. The van der Waals surface area contributed by atoms with Crippen molar-refractivity contribution in [1.29, 1.82) is 0 Å². The van der Waals surface area contributed by atoms with Gasteiger partial charge in [-0.3, -0.25) is 4.79 Å². The highest BCUT2D eigenvalue weighted by Gasteiger charge is 2.11. The topological polar surface area (TPSA) is 20.3 Å². The van der Waals surface area contributed by atoms with Gasteiger partial charge < -0.3 is 4.90 Å². The predicted octanol–water partition coefficient (Wildman–Crippen LogP) is 1.25. The van der Waals surface area contributed by atoms with E-state index in [1.54, 1.807) is 11.9 Å². The summed E-state index contributed by atoms with van der Waals surface area (Å²) in [6.07, 6.45) is 0. The highest BCUT2D eigenvalue weighted by molar-refractivity contribution is 9.10. The lowest BCUT2D eigenvalue weighted by atomic mass is 10.4. The van der Waals surface area contributed by atoms with Crippen LogP contribution >= 0.6 is 15.9 Å². The molecule has 0 saturated carbocycles. The molecule has 3 heteroatoms. The largest absolute Gasteiger partial charge is 0.345 e. The molecule has 0 fully saturated rings. The van der Waals surface area contributed by atoms with Gasteiger partial charge in [-0.1, -0.05) is 15.9 Å². The van der Waals surface area contributed by atoms with Crippen molar-refractivity contribution in [2.24, 2.45) is 0 Å². The number of hydrogen-bond donors (Lipinski definition) is 0. The van der Waals surface area contributed by atoms with Gasteiger partial charge in [0.15, 0.2) is 0 Å². The quantitative estimate of drug-likeness (QED) is 0.605. The maximum Gasteiger partial charge on any atom is 0.235 e. The zero-order chi connectivity index (χ0) is 7.44. The Morgan fingerprint density at radius 3 is 2.33 bits per heavy atom. The second-order valence-electron chi connectivity index (χ2n) is 1.97. The summed E-state index contributed by atoms with van der Waals surface area (Å²) in [5, 5.41) is 0. The minimum atomic E-state index is -0.0533. The van der Waals surface area contributed by atoms with E-state index in [2.05, 4.69) is 15.9 Å². The van der Waals surface area contributed by atoms with Crippen molar-refractivity contribution in [2.75, 3.05) is 13.6 Å². The van der Waals surface area contributed by atoms with Gasteiger partial charge >= 0.3 is 0 Å². The van der Waals surface area contributed by atoms with Crippen LogP contribution < -0.4 is 0 Å². The average Bonchev–Trinajstić information content (AvgIpc) is 1.84. The molecule has 54 valence electrons. The van der Waals surface area contributed by atoms with Crippen LogP contribution in [0.1, 0.15) is 13.8 Å². The van der Waals surface area contributed by atoms with E-state index < -0.39 is 0 Å². The van der Waals surface area contributed by atoms with Crippen LogP contribution in [-0.4, -0.2) is 29.2 Å². The van der Waals surface area contributed by atoms with Gasteiger partial charge in [0.1, 0.15) is 0 Å². The van der Waals surface area contributed by atoms with Crippen molar-refractivity contribution in [3.8, 4) is 0 Å². The molecular weight excluding hydrogens is 182 g/mol. The smallest absolute Gasteiger partial charge is 0.235 e. The Labute approximate surface area is 64.4 Å². The Morgan fingerprint density at radius 2 is 2.22 bits per heavy atom. The first-order valence-electron chi connectivity index (χ1n) is 2.98. The number of nitrogens with zero attached hydrogens (tertiary/aromatic N) is 1. The number of alkyl halides is 1. The van der Waals surface area contributed by atoms with Crippen LogP contribution in [0.4, 0.5) is 0 Å². The molecule has 1 atom stereocenters. The molecule has 0 bridgehead atoms. The first-order valence-corrected chi connectivity index (χ1v) is 3.90. The normalized spacial score (nSPS) is 12.9. The molecule has 0 aromatic heterocycles. The summed E-state index contributed by atoms with van der Waals surface area (Å²) >= 11 is 3.19. The first-order chi connectivity index (χ1) is 4.09. The van der Waals surface area contributed by atoms with E-state index >= 15 is 0 Å². The van der Waals surface area contributed by atoms with E-state index in [0.29, 0.717) is 0 Å². The van der Waals surface area contributed by atoms with Crippen LogP contribution in [0.5, 0.6) is 0 Å². The molecule has 0 aromatic rings. The van der Waals surface area contributed by atoms with Crippen LogP contribution in [0.25, 0.3) is 0 Å². The summed E-state index contributed by atoms with van der Waals surface area (Å²) in [6, 6.07) is 0. The third-order valence-electron chi connectivity index (χ3n) is 1.19. The standard InChI is InChI=1S/C6H12BrNO/c1-4-8(3)6(9)5(2)7/h5H,4H2,1-3H3/t5-/m0/s1. The van der Waals surface area contributed by atoms with Crippen molar-refractivity contribution in [2.45, 2.75) is 18.7 Å². The summed E-state index contributed by atoms with van der Waals surface area (Å²) in [5.41, 5.74) is 0. The van der Waals surface area contributed by atoms with Gasteiger partial charge in [0.2, 0.25) is 5.91 Å². The molecule has 0 aliphatic heterocycles. The highest BCUT2D eigenvalue weighted by atomic mass is 79.9. The van der Waals surface area contributed by atoms with Crippen LogP contribution in [0.15, 0.2) is 0 Å². The molecule has 0 N–H and O–H groups in total. The maximum absolute atomic E-state index is 11.0. The van der Waals surface area contributed by atoms with Gasteiger partial charge in [-0.25, -0.2) is 0 Å². The molecule has 0 aromatic carbocycles. The van der Waals surface area contributed by atoms with Crippen molar-refractivity contribution in [3.63, 3.8) is 0 Å². The summed E-state index contributed by atoms with van der Waals surface area (Å²) < 4.78 is 0. The van der Waals surface area contributed by atoms with Gasteiger partial charge in [-0.2, -0.15) is 0 Å². The Hall–Kier alpha value is -0.0500. The van der Waals surface area contributed by atoms with E-state index in [9.17, 15) is 4.79 Å². The van der Waals surface area contributed by atoms with Crippen LogP contribution in [-0.2, 0) is 4.79 Å². The number of carbonyl (C=O) groups excluding carboxylic acids is 1. The van der Waals surface area contributed by atoms with Crippen LogP contribution in [0, 0.1) is 0 Å². The molecule has 1 amide bonds. The van der Waals surface area contributed by atoms with Crippen molar-refractivity contribution in [1.82, 2.24) is 4.90 Å². The van der Waals surface area contributed by atoms with Gasteiger partial charge in [0, 0.05) is 13.6 Å². The number of rotatable bonds is 2. The lowest BCUT2D eigenvalue weighted by Crippen LogP contribution is -2.31. The molecular formula is C6H12BrNO. The van der Waals surface area contributed by atoms with Crippen LogP contribution in [0.2, 0.25) is 0 Å². The number of carbonyl (C=O) groups is 1. The summed E-state index contributed by atoms with van der Waals surface area (Å²) in [6.45, 7) is 4.55. The molecule has 9 heavy (non-hydrogen) atoms. The molecule has 0 rings (SSSR count). The fourth-order valence-corrected chi connectivity index (χ4v) is 0.809. The third kappa shape index (κ3) is 2.84. The van der Waals surface area contributed by atoms with Crippen LogP contribution in [0.3, 0.4) is 0 Å². The summed E-state index contributed by atoms with van der Waals surface area (Å²) in [4.78, 5) is 12.6. The van der Waals surface area contributed by atoms with Crippen molar-refractivity contribution in [3.05, 3.63) is 0 Å². The lowest BCUT2D eigenvalue weighted by molar-refractivity contribution is -0.128. The van der Waals surface area contributed by atoms with Crippen molar-refractivity contribution < 1.29 is 4.79 Å². The molecule has 2 nitrogen and oxygen atoms in total. The molecule has 0 aliphatic rings. The zero-order valence-electron chi connectivity index (χ0n) is 6.02. The lowest BCUT2D eigenvalue weighted by Gasteiger charge is -2.15. The number of amides is 1. The third-order valence-corrected chi connectivity index (χ3v) is 1.58. The van der Waals surface area contributed by atoms with E-state index in [1.807, 2.05) is 13.8 Å². The number of hydrogen-bond acceptors (Lipinski definition) is 1. The van der Waals surface area contributed by atoms with Gasteiger partial charge in [-0.05, 0) is 13.8 Å². The van der Waals surface area contributed by atoms with E-state index in [0.717, 1.165) is 6.54 Å². The average molecular weight is 194 g/mol. The SMILES string of the molecule is CCN(C)C(=O)[C@H](C)Br. The highest BCUT2D eigenvalue weighted by Crippen LogP contribution is 2.00. The monoisotopic (exact) mass is 193 g/mol. The Bertz CT molecular complexity index is 103. The Morgan fingerprint density at radius 1 is 1.78 bits per heavy atom. The Kier molecular flexibility index (Phi) is 3.86. The molecule has 0 radical (unpaired) electrons. The van der Waals surface area contributed by atoms with E-state index in [1.165, 1.54) is 0 Å². The molecule has 0 aliphatic carbocycles. The second-order valence-corrected chi connectivity index (χ2v) is 3.34. The molecule has 0 saturated heterocycles. The first kappa shape index (κ1) is 8.95. The fourth-order valence-electron chi connectivity index (χ4n) is 0.460. The van der Waals surface area contributed by atoms with Gasteiger partial charge in [-0.15, -0.1) is 0 Å². The molecule has 0 heterocycles. The van der Waals surface area contributed by atoms with E-state index in [4.69, 9.17) is 0 Å². The molecule has 0 unspecified atom stereocenters. The number of halogens is 1. The zero-order valence-corrected chi connectivity index (χ0v) is 7.60. The Balaban J connectivity index is 3.73. The fraction of sp³-hybridized carbons (Fsp3) is 0.833. The maximum atomic E-state index is 11.0. The minimum Gasteiger partial charge on any atom is -0.345 e. The minimum absolute atomic E-state index is 0.0533. The van der Waals surface area contributed by atoms with Crippen molar-refractivity contribution >= 4 is 21.8 Å². The predicted molar refractivity (Wildman–Crippen MR) is 41.7 cm³/mol. The van der Waals surface area contributed by atoms with E-state index in [-0.39, 0.29) is 10.7 Å². The van der Waals surface area contributed by atoms with Gasteiger partial charge in [0.05, 0.1) is 4.83 Å². The second kappa shape index (κ2) is 3.88. The summed E-state index contributed by atoms with van der Waals surface area (Å²) in [7, 11) is 1.79. The van der Waals surface area contributed by atoms with Gasteiger partial charge in [0.25, 0.3) is 0 Å².